The molecule has 2 N–H and O–H groups in total. The molecular formula is C14H20N2O2. The maximum absolute atomic E-state index is 11.0. The van der Waals surface area contributed by atoms with Crippen molar-refractivity contribution >= 4 is 11.7 Å². The topological polar surface area (TPSA) is 52.6 Å². The Morgan fingerprint density at radius 1 is 1.39 bits per heavy atom. The molecule has 0 saturated carbocycles. The number of carbonyl (C=O) groups is 1. The SMILES string of the molecule is CC(C)c1ccc(N2CCNC(C(=O)O)C2)cc1. The number of piperazine rings is 1. The summed E-state index contributed by atoms with van der Waals surface area (Å²) in [5, 5.41) is 12.0. The molecule has 0 spiro atoms. The van der Waals surface area contributed by atoms with Crippen molar-refractivity contribution in [1.82, 2.24) is 5.32 Å². The summed E-state index contributed by atoms with van der Waals surface area (Å²) < 4.78 is 0. The van der Waals surface area contributed by atoms with Crippen LogP contribution in [0.2, 0.25) is 0 Å². The summed E-state index contributed by atoms with van der Waals surface area (Å²) in [7, 11) is 0. The molecule has 0 aromatic heterocycles. The van der Waals surface area contributed by atoms with Crippen LogP contribution in [-0.2, 0) is 4.79 Å². The highest BCUT2D eigenvalue weighted by Gasteiger charge is 2.24. The average molecular weight is 248 g/mol. The third kappa shape index (κ3) is 2.82. The van der Waals surface area contributed by atoms with Crippen LogP contribution in [0.1, 0.15) is 25.3 Å². The standard InChI is InChI=1S/C14H20N2O2/c1-10(2)11-3-5-12(6-4-11)16-8-7-15-13(9-16)14(17)18/h3-6,10,13,15H,7-9H2,1-2H3,(H,17,18). The molecule has 0 aliphatic carbocycles. The maximum atomic E-state index is 11.0. The number of hydrogen-bond acceptors (Lipinski definition) is 3. The van der Waals surface area contributed by atoms with Crippen molar-refractivity contribution in [2.75, 3.05) is 24.5 Å². The van der Waals surface area contributed by atoms with E-state index in [4.69, 9.17) is 5.11 Å². The summed E-state index contributed by atoms with van der Waals surface area (Å²) in [6.07, 6.45) is 0. The van der Waals surface area contributed by atoms with E-state index in [9.17, 15) is 4.79 Å². The Morgan fingerprint density at radius 3 is 2.61 bits per heavy atom. The molecule has 1 atom stereocenters. The van der Waals surface area contributed by atoms with Gasteiger partial charge in [-0.25, -0.2) is 0 Å². The van der Waals surface area contributed by atoms with Crippen molar-refractivity contribution in [2.45, 2.75) is 25.8 Å². The fourth-order valence-electron chi connectivity index (χ4n) is 2.22. The minimum atomic E-state index is -0.779. The smallest absolute Gasteiger partial charge is 0.322 e. The number of hydrogen-bond donors (Lipinski definition) is 2. The van der Waals surface area contributed by atoms with Crippen LogP contribution >= 0.6 is 0 Å². The summed E-state index contributed by atoms with van der Waals surface area (Å²) in [6, 6.07) is 7.94. The molecule has 1 heterocycles. The van der Waals surface area contributed by atoms with Gasteiger partial charge in [-0.1, -0.05) is 26.0 Å². The predicted octanol–water partition coefficient (Wildman–Crippen LogP) is 1.67. The summed E-state index contributed by atoms with van der Waals surface area (Å²) >= 11 is 0. The van der Waals surface area contributed by atoms with Crippen molar-refractivity contribution in [3.05, 3.63) is 29.8 Å². The van der Waals surface area contributed by atoms with Crippen molar-refractivity contribution in [3.63, 3.8) is 0 Å². The molecule has 1 unspecified atom stereocenters. The van der Waals surface area contributed by atoms with E-state index in [1.807, 2.05) is 0 Å². The molecule has 1 aromatic carbocycles. The lowest BCUT2D eigenvalue weighted by molar-refractivity contribution is -0.139. The lowest BCUT2D eigenvalue weighted by Crippen LogP contribution is -2.54. The van der Waals surface area contributed by atoms with Gasteiger partial charge in [0.05, 0.1) is 0 Å². The van der Waals surface area contributed by atoms with E-state index in [2.05, 4.69) is 48.3 Å². The molecule has 98 valence electrons. The van der Waals surface area contributed by atoms with E-state index in [0.717, 1.165) is 12.2 Å². The maximum Gasteiger partial charge on any atom is 0.322 e. The van der Waals surface area contributed by atoms with Crippen LogP contribution in [0.4, 0.5) is 5.69 Å². The first-order chi connectivity index (χ1) is 8.58. The van der Waals surface area contributed by atoms with E-state index in [1.165, 1.54) is 5.56 Å². The number of carboxylic acid groups (broad SMARTS) is 1. The van der Waals surface area contributed by atoms with Gasteiger partial charge in [-0.3, -0.25) is 4.79 Å². The van der Waals surface area contributed by atoms with Crippen LogP contribution in [0.5, 0.6) is 0 Å². The van der Waals surface area contributed by atoms with Gasteiger partial charge in [0.2, 0.25) is 0 Å². The molecule has 4 heteroatoms. The largest absolute Gasteiger partial charge is 0.480 e. The highest BCUT2D eigenvalue weighted by molar-refractivity contribution is 5.75. The second-order valence-corrected chi connectivity index (χ2v) is 5.04. The van der Waals surface area contributed by atoms with Gasteiger partial charge >= 0.3 is 5.97 Å². The van der Waals surface area contributed by atoms with E-state index in [0.29, 0.717) is 19.0 Å². The van der Waals surface area contributed by atoms with Crippen molar-refractivity contribution in [3.8, 4) is 0 Å². The number of carboxylic acids is 1. The van der Waals surface area contributed by atoms with Gasteiger partial charge in [-0.15, -0.1) is 0 Å². The number of benzene rings is 1. The van der Waals surface area contributed by atoms with Crippen LogP contribution in [0, 0.1) is 0 Å². The zero-order valence-electron chi connectivity index (χ0n) is 10.9. The van der Waals surface area contributed by atoms with Crippen LogP contribution in [0.3, 0.4) is 0 Å². The predicted molar refractivity (Wildman–Crippen MR) is 72.2 cm³/mol. The Balaban J connectivity index is 2.09. The minimum absolute atomic E-state index is 0.469. The quantitative estimate of drug-likeness (QED) is 0.854. The summed E-state index contributed by atoms with van der Waals surface area (Å²) in [6.45, 7) is 6.42. The molecule has 1 saturated heterocycles. The first-order valence-corrected chi connectivity index (χ1v) is 6.39. The molecule has 0 bridgehead atoms. The van der Waals surface area contributed by atoms with Gasteiger partial charge in [0.15, 0.2) is 0 Å². The van der Waals surface area contributed by atoms with Crippen LogP contribution in [-0.4, -0.2) is 36.8 Å². The lowest BCUT2D eigenvalue weighted by Gasteiger charge is -2.33. The molecular weight excluding hydrogens is 228 g/mol. The third-order valence-electron chi connectivity index (χ3n) is 3.40. The zero-order valence-corrected chi connectivity index (χ0v) is 10.9. The number of aliphatic carboxylic acids is 1. The highest BCUT2D eigenvalue weighted by Crippen LogP contribution is 2.21. The molecule has 1 fully saturated rings. The fourth-order valence-corrected chi connectivity index (χ4v) is 2.22. The van der Waals surface area contributed by atoms with Gasteiger partial charge in [-0.2, -0.15) is 0 Å². The van der Waals surface area contributed by atoms with Crippen molar-refractivity contribution < 1.29 is 9.90 Å². The van der Waals surface area contributed by atoms with Crippen LogP contribution in [0.15, 0.2) is 24.3 Å². The monoisotopic (exact) mass is 248 g/mol. The zero-order chi connectivity index (χ0) is 13.1. The second-order valence-electron chi connectivity index (χ2n) is 5.04. The molecule has 1 aliphatic rings. The first kappa shape index (κ1) is 12.9. The average Bonchev–Trinajstić information content (AvgIpc) is 2.39. The number of nitrogens with one attached hydrogen (secondary N) is 1. The number of anilines is 1. The van der Waals surface area contributed by atoms with Gasteiger partial charge in [0.25, 0.3) is 0 Å². The molecule has 18 heavy (non-hydrogen) atoms. The van der Waals surface area contributed by atoms with Crippen molar-refractivity contribution in [1.29, 1.82) is 0 Å². The molecule has 2 rings (SSSR count). The van der Waals surface area contributed by atoms with E-state index < -0.39 is 12.0 Å². The number of rotatable bonds is 3. The molecule has 1 aromatic rings. The van der Waals surface area contributed by atoms with E-state index in [1.54, 1.807) is 0 Å². The Bertz CT molecular complexity index is 414. The van der Waals surface area contributed by atoms with Crippen molar-refractivity contribution in [2.24, 2.45) is 0 Å². The summed E-state index contributed by atoms with van der Waals surface area (Å²) in [5.41, 5.74) is 2.41. The molecule has 4 nitrogen and oxygen atoms in total. The minimum Gasteiger partial charge on any atom is -0.480 e. The Hall–Kier alpha value is -1.55. The molecule has 0 radical (unpaired) electrons. The fraction of sp³-hybridized carbons (Fsp3) is 0.500. The van der Waals surface area contributed by atoms with Crippen LogP contribution < -0.4 is 10.2 Å². The normalized spacial score (nSPS) is 20.2. The van der Waals surface area contributed by atoms with E-state index >= 15 is 0 Å². The van der Waals surface area contributed by atoms with Gasteiger partial charge in [0.1, 0.15) is 6.04 Å². The lowest BCUT2D eigenvalue weighted by atomic mass is 10.0. The number of nitrogens with zero attached hydrogens (tertiary/aromatic N) is 1. The Kier molecular flexibility index (Phi) is 3.87. The Labute approximate surface area is 108 Å². The summed E-state index contributed by atoms with van der Waals surface area (Å²) in [4.78, 5) is 13.1. The third-order valence-corrected chi connectivity index (χ3v) is 3.40. The van der Waals surface area contributed by atoms with Gasteiger partial charge in [-0.05, 0) is 23.6 Å². The van der Waals surface area contributed by atoms with Crippen LogP contribution in [0.25, 0.3) is 0 Å². The first-order valence-electron chi connectivity index (χ1n) is 6.39. The molecule has 0 amide bonds. The van der Waals surface area contributed by atoms with Gasteiger partial charge < -0.3 is 15.3 Å². The summed E-state index contributed by atoms with van der Waals surface area (Å²) in [5.74, 6) is -0.257. The molecule has 1 aliphatic heterocycles. The Morgan fingerprint density at radius 2 is 2.06 bits per heavy atom. The van der Waals surface area contributed by atoms with E-state index in [-0.39, 0.29) is 0 Å². The second kappa shape index (κ2) is 5.40. The van der Waals surface area contributed by atoms with Gasteiger partial charge in [0, 0.05) is 25.3 Å². The highest BCUT2D eigenvalue weighted by atomic mass is 16.4.